The van der Waals surface area contributed by atoms with Gasteiger partial charge in [-0.25, -0.2) is 8.42 Å². The molecule has 1 atom stereocenters. The van der Waals surface area contributed by atoms with Crippen LogP contribution < -0.4 is 10.6 Å². The third kappa shape index (κ3) is 8.82. The summed E-state index contributed by atoms with van der Waals surface area (Å²) in [5, 5.41) is 6.48. The average Bonchev–Trinajstić information content (AvgIpc) is 2.84. The number of rotatable bonds is 7. The van der Waals surface area contributed by atoms with Crippen molar-refractivity contribution in [2.75, 3.05) is 45.2 Å². The predicted octanol–water partition coefficient (Wildman–Crippen LogP) is 0.688. The number of aliphatic imine (C=N–C) groups is 1. The molecule has 0 radical (unpaired) electrons. The van der Waals surface area contributed by atoms with Gasteiger partial charge >= 0.3 is 0 Å². The highest BCUT2D eigenvalue weighted by molar-refractivity contribution is 14.0. The Morgan fingerprint density at radius 1 is 1.38 bits per heavy atom. The Bertz CT molecular complexity index is 414. The third-order valence-corrected chi connectivity index (χ3v) is 4.65. The quantitative estimate of drug-likeness (QED) is 0.268. The molecule has 126 valence electrons. The molecule has 0 aliphatic carbocycles. The minimum Gasteiger partial charge on any atom is -0.356 e. The summed E-state index contributed by atoms with van der Waals surface area (Å²) in [6.07, 6.45) is 4.36. The molecule has 0 spiro atoms. The van der Waals surface area contributed by atoms with Gasteiger partial charge in [0.1, 0.15) is 9.84 Å². The maximum absolute atomic E-state index is 11.0. The fourth-order valence-corrected chi connectivity index (χ4v) is 3.19. The number of halogens is 1. The maximum atomic E-state index is 11.0. The molecule has 0 aromatic carbocycles. The van der Waals surface area contributed by atoms with E-state index in [1.807, 2.05) is 0 Å². The van der Waals surface area contributed by atoms with Gasteiger partial charge in [0.2, 0.25) is 0 Å². The molecule has 1 heterocycles. The lowest BCUT2D eigenvalue weighted by Gasteiger charge is -2.23. The Hall–Kier alpha value is -0.0900. The Balaban J connectivity index is 0.00000400. The van der Waals surface area contributed by atoms with Crippen LogP contribution in [0, 0.1) is 0 Å². The second-order valence-corrected chi connectivity index (χ2v) is 7.55. The maximum Gasteiger partial charge on any atom is 0.191 e. The fraction of sp³-hybridized carbons (Fsp3) is 0.923. The van der Waals surface area contributed by atoms with Crippen molar-refractivity contribution in [2.24, 2.45) is 4.99 Å². The summed E-state index contributed by atoms with van der Waals surface area (Å²) in [5.74, 6) is 0.963. The second kappa shape index (κ2) is 10.6. The largest absolute Gasteiger partial charge is 0.356 e. The lowest BCUT2D eigenvalue weighted by Crippen LogP contribution is -2.45. The number of hydrogen-bond donors (Lipinski definition) is 2. The van der Waals surface area contributed by atoms with Crippen LogP contribution >= 0.6 is 24.0 Å². The summed E-state index contributed by atoms with van der Waals surface area (Å²) in [5.41, 5.74) is 0. The van der Waals surface area contributed by atoms with Gasteiger partial charge in [0.25, 0.3) is 0 Å². The van der Waals surface area contributed by atoms with E-state index in [1.54, 1.807) is 7.05 Å². The van der Waals surface area contributed by atoms with E-state index in [2.05, 4.69) is 27.4 Å². The zero-order valence-corrected chi connectivity index (χ0v) is 16.4. The first-order chi connectivity index (χ1) is 9.46. The van der Waals surface area contributed by atoms with Crippen molar-refractivity contribution in [1.82, 2.24) is 15.5 Å². The van der Waals surface area contributed by atoms with E-state index < -0.39 is 9.84 Å². The van der Waals surface area contributed by atoms with Crippen LogP contribution in [0.5, 0.6) is 0 Å². The SMILES string of the molecule is CCN1CCCC1CNC(=NC)NCCCS(C)(=O)=O.I. The van der Waals surface area contributed by atoms with Crippen LogP contribution in [0.2, 0.25) is 0 Å². The summed E-state index contributed by atoms with van der Waals surface area (Å²) >= 11 is 0. The minimum atomic E-state index is -2.87. The fourth-order valence-electron chi connectivity index (χ4n) is 2.52. The molecule has 0 aromatic heterocycles. The molecule has 0 aromatic rings. The van der Waals surface area contributed by atoms with Crippen LogP contribution in [0.3, 0.4) is 0 Å². The van der Waals surface area contributed by atoms with Gasteiger partial charge in [-0.3, -0.25) is 9.89 Å². The summed E-state index contributed by atoms with van der Waals surface area (Å²) in [6, 6.07) is 0.578. The van der Waals surface area contributed by atoms with Crippen molar-refractivity contribution in [3.8, 4) is 0 Å². The van der Waals surface area contributed by atoms with Crippen LogP contribution in [0.25, 0.3) is 0 Å². The molecular formula is C13H29IN4O2S. The number of sulfone groups is 1. The molecule has 0 bridgehead atoms. The van der Waals surface area contributed by atoms with Crippen molar-refractivity contribution < 1.29 is 8.42 Å². The molecule has 21 heavy (non-hydrogen) atoms. The van der Waals surface area contributed by atoms with Gasteiger partial charge in [-0.1, -0.05) is 6.92 Å². The van der Waals surface area contributed by atoms with Gasteiger partial charge in [0.15, 0.2) is 5.96 Å². The normalized spacial score (nSPS) is 20.1. The van der Waals surface area contributed by atoms with E-state index in [0.717, 1.165) is 19.0 Å². The molecule has 0 amide bonds. The zero-order valence-electron chi connectivity index (χ0n) is 13.3. The molecule has 1 rings (SSSR count). The van der Waals surface area contributed by atoms with E-state index in [0.29, 0.717) is 19.0 Å². The highest BCUT2D eigenvalue weighted by Crippen LogP contribution is 2.15. The van der Waals surface area contributed by atoms with Gasteiger partial charge in [-0.15, -0.1) is 24.0 Å². The average molecular weight is 432 g/mol. The van der Waals surface area contributed by atoms with Crippen LogP contribution in [-0.2, 0) is 9.84 Å². The minimum absolute atomic E-state index is 0. The van der Waals surface area contributed by atoms with Crippen LogP contribution in [0.1, 0.15) is 26.2 Å². The number of hydrogen-bond acceptors (Lipinski definition) is 4. The topological polar surface area (TPSA) is 73.8 Å². The summed E-state index contributed by atoms with van der Waals surface area (Å²) in [4.78, 5) is 6.64. The van der Waals surface area contributed by atoms with E-state index in [4.69, 9.17) is 0 Å². The standard InChI is InChI=1S/C13H28N4O2S.HI/c1-4-17-9-5-7-12(17)11-16-13(14-2)15-8-6-10-20(3,18)19;/h12H,4-11H2,1-3H3,(H2,14,15,16);1H. The highest BCUT2D eigenvalue weighted by atomic mass is 127. The molecule has 8 heteroatoms. The van der Waals surface area contributed by atoms with Crippen LogP contribution in [-0.4, -0.2) is 70.6 Å². The van der Waals surface area contributed by atoms with E-state index >= 15 is 0 Å². The number of likely N-dealkylation sites (tertiary alicyclic amines) is 1. The monoisotopic (exact) mass is 432 g/mol. The first-order valence-electron chi connectivity index (χ1n) is 7.32. The van der Waals surface area contributed by atoms with Gasteiger partial charge in [0, 0.05) is 32.4 Å². The van der Waals surface area contributed by atoms with Gasteiger partial charge in [-0.05, 0) is 32.4 Å². The van der Waals surface area contributed by atoms with E-state index in [9.17, 15) is 8.42 Å². The number of guanidine groups is 1. The molecule has 6 nitrogen and oxygen atoms in total. The predicted molar refractivity (Wildman–Crippen MR) is 99.4 cm³/mol. The van der Waals surface area contributed by atoms with Crippen LogP contribution in [0.15, 0.2) is 4.99 Å². The summed E-state index contributed by atoms with van der Waals surface area (Å²) in [6.45, 7) is 5.97. The summed E-state index contributed by atoms with van der Waals surface area (Å²) < 4.78 is 22.1. The summed E-state index contributed by atoms with van der Waals surface area (Å²) in [7, 11) is -1.14. The molecule has 1 aliphatic heterocycles. The number of nitrogens with zero attached hydrogens (tertiary/aromatic N) is 2. The first-order valence-corrected chi connectivity index (χ1v) is 9.38. The first kappa shape index (κ1) is 20.9. The zero-order chi connectivity index (χ0) is 15.0. The molecule has 1 aliphatic rings. The van der Waals surface area contributed by atoms with Crippen molar-refractivity contribution in [3.63, 3.8) is 0 Å². The second-order valence-electron chi connectivity index (χ2n) is 5.29. The number of nitrogens with one attached hydrogen (secondary N) is 2. The van der Waals surface area contributed by atoms with Gasteiger partial charge < -0.3 is 10.6 Å². The molecule has 1 fully saturated rings. The van der Waals surface area contributed by atoms with E-state index in [1.165, 1.54) is 25.6 Å². The van der Waals surface area contributed by atoms with E-state index in [-0.39, 0.29) is 29.7 Å². The molecule has 0 saturated carbocycles. The van der Waals surface area contributed by atoms with Crippen molar-refractivity contribution >= 4 is 39.8 Å². The van der Waals surface area contributed by atoms with Gasteiger partial charge in [-0.2, -0.15) is 0 Å². The Morgan fingerprint density at radius 2 is 2.10 bits per heavy atom. The Kier molecular flexibility index (Phi) is 10.6. The Labute approximate surface area is 146 Å². The smallest absolute Gasteiger partial charge is 0.191 e. The van der Waals surface area contributed by atoms with Crippen molar-refractivity contribution in [3.05, 3.63) is 0 Å². The van der Waals surface area contributed by atoms with Crippen molar-refractivity contribution in [1.29, 1.82) is 0 Å². The molecule has 1 saturated heterocycles. The molecular weight excluding hydrogens is 403 g/mol. The van der Waals surface area contributed by atoms with Crippen LogP contribution in [0.4, 0.5) is 0 Å². The Morgan fingerprint density at radius 3 is 2.67 bits per heavy atom. The molecule has 2 N–H and O–H groups in total. The highest BCUT2D eigenvalue weighted by Gasteiger charge is 2.22. The number of likely N-dealkylation sites (N-methyl/N-ethyl adjacent to an activating group) is 1. The lowest BCUT2D eigenvalue weighted by atomic mass is 10.2. The third-order valence-electron chi connectivity index (χ3n) is 3.62. The van der Waals surface area contributed by atoms with Crippen molar-refractivity contribution in [2.45, 2.75) is 32.2 Å². The molecule has 1 unspecified atom stereocenters. The lowest BCUT2D eigenvalue weighted by molar-refractivity contribution is 0.267. The van der Waals surface area contributed by atoms with Gasteiger partial charge in [0.05, 0.1) is 5.75 Å².